The van der Waals surface area contributed by atoms with Crippen LogP contribution in [-0.4, -0.2) is 49.1 Å². The third-order valence-corrected chi connectivity index (χ3v) is 7.31. The van der Waals surface area contributed by atoms with E-state index in [9.17, 15) is 9.18 Å². The Balaban J connectivity index is 1.33. The summed E-state index contributed by atoms with van der Waals surface area (Å²) in [6.07, 6.45) is 7.60. The Morgan fingerprint density at radius 2 is 1.91 bits per heavy atom. The van der Waals surface area contributed by atoms with Gasteiger partial charge in [0.05, 0.1) is 7.11 Å². The quantitative estimate of drug-likeness (QED) is 0.436. The summed E-state index contributed by atoms with van der Waals surface area (Å²) in [5.41, 5.74) is 3.52. The van der Waals surface area contributed by atoms with Crippen molar-refractivity contribution in [2.45, 2.75) is 18.3 Å². The van der Waals surface area contributed by atoms with Crippen molar-refractivity contribution in [2.75, 3.05) is 38.2 Å². The summed E-state index contributed by atoms with van der Waals surface area (Å²) < 4.78 is 18.6. The van der Waals surface area contributed by atoms with Gasteiger partial charge in [-0.3, -0.25) is 9.69 Å². The number of hydrogen-bond donors (Lipinski definition) is 0. The number of carbonyl (C=O) groups is 1. The molecule has 5 rings (SSSR count). The molecule has 0 aliphatic carbocycles. The monoisotopic (exact) mass is 491 g/mol. The lowest BCUT2D eigenvalue weighted by atomic mass is 9.74. The van der Waals surface area contributed by atoms with E-state index in [0.29, 0.717) is 17.3 Å². The van der Waals surface area contributed by atoms with Gasteiger partial charge >= 0.3 is 0 Å². The SMILES string of the molecule is COc1ccc2c(c1)C1(CCN(C/C=C/c3ccc(F)cc3)CC1)CN2C(=O)c1ccnc(Cl)c1. The standard InChI is InChI=1S/C28H27ClFN3O2/c1-35-23-8-9-25-24(18-23)28(19-33(25)27(34)21-10-13-31-26(29)17-21)11-15-32(16-12-28)14-2-3-20-4-6-22(30)7-5-20/h2-10,13,17-18H,11-12,14-16,19H2,1H3/b3-2+. The second-order valence-electron chi connectivity index (χ2n) is 9.18. The fraction of sp³-hybridized carbons (Fsp3) is 0.286. The molecule has 180 valence electrons. The molecule has 1 aromatic heterocycles. The molecule has 3 aromatic rings. The maximum Gasteiger partial charge on any atom is 0.258 e. The zero-order valence-electron chi connectivity index (χ0n) is 19.6. The van der Waals surface area contributed by atoms with Gasteiger partial charge in [0.2, 0.25) is 0 Å². The van der Waals surface area contributed by atoms with Crippen molar-refractivity contribution in [1.82, 2.24) is 9.88 Å². The first-order valence-electron chi connectivity index (χ1n) is 11.7. The molecule has 1 fully saturated rings. The molecule has 35 heavy (non-hydrogen) atoms. The largest absolute Gasteiger partial charge is 0.497 e. The van der Waals surface area contributed by atoms with Crippen molar-refractivity contribution in [3.8, 4) is 5.75 Å². The van der Waals surface area contributed by atoms with E-state index in [1.165, 1.54) is 17.7 Å². The van der Waals surface area contributed by atoms with Crippen molar-refractivity contribution < 1.29 is 13.9 Å². The number of hydrogen-bond acceptors (Lipinski definition) is 4. The molecule has 2 aliphatic heterocycles. The average Bonchev–Trinajstić information content (AvgIpc) is 3.19. The first-order chi connectivity index (χ1) is 17.0. The molecule has 0 saturated carbocycles. The van der Waals surface area contributed by atoms with Gasteiger partial charge in [0.1, 0.15) is 16.7 Å². The fourth-order valence-electron chi connectivity index (χ4n) is 5.15. The number of anilines is 1. The first kappa shape index (κ1) is 23.5. The summed E-state index contributed by atoms with van der Waals surface area (Å²) in [6.45, 7) is 3.31. The minimum absolute atomic E-state index is 0.0674. The van der Waals surface area contributed by atoms with E-state index in [1.54, 1.807) is 37.6 Å². The Hall–Kier alpha value is -3.22. The minimum atomic E-state index is -0.225. The minimum Gasteiger partial charge on any atom is -0.497 e. The van der Waals surface area contributed by atoms with Crippen LogP contribution in [0.15, 0.2) is 66.9 Å². The number of fused-ring (bicyclic) bond motifs is 2. The summed E-state index contributed by atoms with van der Waals surface area (Å²) in [4.78, 5) is 21.8. The predicted molar refractivity (Wildman–Crippen MR) is 137 cm³/mol. The van der Waals surface area contributed by atoms with Crippen LogP contribution in [0.1, 0.15) is 34.3 Å². The Morgan fingerprint density at radius 1 is 1.14 bits per heavy atom. The second-order valence-corrected chi connectivity index (χ2v) is 9.56. The van der Waals surface area contributed by atoms with E-state index in [-0.39, 0.29) is 17.1 Å². The molecular formula is C28H27ClFN3O2. The summed E-state index contributed by atoms with van der Waals surface area (Å²) in [7, 11) is 1.67. The average molecular weight is 492 g/mol. The number of amides is 1. The van der Waals surface area contributed by atoms with Crippen molar-refractivity contribution in [3.63, 3.8) is 0 Å². The summed E-state index contributed by atoms with van der Waals surface area (Å²) >= 11 is 6.06. The predicted octanol–water partition coefficient (Wildman–Crippen LogP) is 5.59. The Bertz CT molecular complexity index is 1250. The molecule has 1 spiro atoms. The van der Waals surface area contributed by atoms with Crippen LogP contribution < -0.4 is 9.64 Å². The highest BCUT2D eigenvalue weighted by Gasteiger charge is 2.46. The Kier molecular flexibility index (Phi) is 6.58. The van der Waals surface area contributed by atoms with Crippen molar-refractivity contribution >= 4 is 29.3 Å². The molecule has 1 amide bonds. The molecule has 3 heterocycles. The van der Waals surface area contributed by atoms with Crippen LogP contribution in [0.5, 0.6) is 5.75 Å². The van der Waals surface area contributed by atoms with Gasteiger partial charge in [-0.2, -0.15) is 0 Å². The van der Waals surface area contributed by atoms with E-state index in [2.05, 4.69) is 22.0 Å². The number of aromatic nitrogens is 1. The Morgan fingerprint density at radius 3 is 2.63 bits per heavy atom. The van der Waals surface area contributed by atoms with Crippen molar-refractivity contribution in [2.24, 2.45) is 0 Å². The van der Waals surface area contributed by atoms with Gasteiger partial charge in [-0.15, -0.1) is 0 Å². The molecule has 0 radical (unpaired) electrons. The molecular weight excluding hydrogens is 465 g/mol. The molecule has 7 heteroatoms. The molecule has 1 saturated heterocycles. The van der Waals surface area contributed by atoms with Crippen LogP contribution in [0.4, 0.5) is 10.1 Å². The van der Waals surface area contributed by atoms with Gasteiger partial charge in [-0.05, 0) is 79.5 Å². The zero-order valence-corrected chi connectivity index (χ0v) is 20.3. The van der Waals surface area contributed by atoms with Crippen LogP contribution in [0.2, 0.25) is 5.15 Å². The lowest BCUT2D eigenvalue weighted by Crippen LogP contribution is -2.46. The number of halogens is 2. The summed E-state index contributed by atoms with van der Waals surface area (Å²) in [5.74, 6) is 0.507. The third kappa shape index (κ3) is 4.81. The molecule has 2 aliphatic rings. The molecule has 5 nitrogen and oxygen atoms in total. The lowest BCUT2D eigenvalue weighted by molar-refractivity contribution is 0.0977. The number of ether oxygens (including phenoxy) is 1. The molecule has 0 atom stereocenters. The van der Waals surface area contributed by atoms with Crippen LogP contribution in [0.25, 0.3) is 6.08 Å². The topological polar surface area (TPSA) is 45.7 Å². The van der Waals surface area contributed by atoms with Crippen LogP contribution >= 0.6 is 11.6 Å². The zero-order chi connectivity index (χ0) is 24.4. The smallest absolute Gasteiger partial charge is 0.258 e. The Labute approximate surface area is 209 Å². The maximum atomic E-state index is 13.5. The van der Waals surface area contributed by atoms with Crippen molar-refractivity contribution in [3.05, 3.63) is 94.5 Å². The lowest BCUT2D eigenvalue weighted by Gasteiger charge is -2.39. The number of nitrogens with zero attached hydrogens (tertiary/aromatic N) is 3. The van der Waals surface area contributed by atoms with Crippen molar-refractivity contribution in [1.29, 1.82) is 0 Å². The first-order valence-corrected chi connectivity index (χ1v) is 12.1. The van der Waals surface area contributed by atoms with E-state index >= 15 is 0 Å². The highest BCUT2D eigenvalue weighted by Crippen LogP contribution is 2.48. The highest BCUT2D eigenvalue weighted by molar-refractivity contribution is 6.29. The van der Waals surface area contributed by atoms with Gasteiger partial charge in [-0.1, -0.05) is 35.9 Å². The van der Waals surface area contributed by atoms with Crippen LogP contribution in [-0.2, 0) is 5.41 Å². The summed E-state index contributed by atoms with van der Waals surface area (Å²) in [5, 5.41) is 0.307. The molecule has 0 unspecified atom stereocenters. The number of pyridine rings is 1. The van der Waals surface area contributed by atoms with E-state index < -0.39 is 0 Å². The second kappa shape index (κ2) is 9.80. The van der Waals surface area contributed by atoms with E-state index in [0.717, 1.165) is 49.5 Å². The highest BCUT2D eigenvalue weighted by atomic mass is 35.5. The fourth-order valence-corrected chi connectivity index (χ4v) is 5.32. The van der Waals surface area contributed by atoms with Gasteiger partial charge in [0.25, 0.3) is 5.91 Å². The normalized spacial score (nSPS) is 17.2. The van der Waals surface area contributed by atoms with Crippen LogP contribution in [0.3, 0.4) is 0 Å². The maximum absolute atomic E-state index is 13.5. The number of rotatable bonds is 5. The molecule has 0 bridgehead atoms. The molecule has 2 aromatic carbocycles. The van der Waals surface area contributed by atoms with Crippen LogP contribution in [0, 0.1) is 5.82 Å². The number of methoxy groups -OCH3 is 1. The summed E-state index contributed by atoms with van der Waals surface area (Å²) in [6, 6.07) is 15.8. The van der Waals surface area contributed by atoms with Gasteiger partial charge in [-0.25, -0.2) is 9.37 Å². The van der Waals surface area contributed by atoms with E-state index in [4.69, 9.17) is 16.3 Å². The van der Waals surface area contributed by atoms with Gasteiger partial charge < -0.3 is 9.64 Å². The van der Waals surface area contributed by atoms with E-state index in [1.807, 2.05) is 23.1 Å². The number of piperidine rings is 1. The van der Waals surface area contributed by atoms with Gasteiger partial charge in [0, 0.05) is 36.0 Å². The number of likely N-dealkylation sites (tertiary alicyclic amines) is 1. The number of benzene rings is 2. The third-order valence-electron chi connectivity index (χ3n) is 7.10. The van der Waals surface area contributed by atoms with Gasteiger partial charge in [0.15, 0.2) is 0 Å². The molecule has 0 N–H and O–H groups in total. The number of carbonyl (C=O) groups excluding carboxylic acids is 1.